The number of aromatic nitrogens is 1. The summed E-state index contributed by atoms with van der Waals surface area (Å²) in [5.41, 5.74) is 2.47. The highest BCUT2D eigenvalue weighted by Crippen LogP contribution is 2.24. The third-order valence-electron chi connectivity index (χ3n) is 4.87. The molecule has 7 heteroatoms. The Morgan fingerprint density at radius 2 is 1.89 bits per heavy atom. The van der Waals surface area contributed by atoms with Crippen LogP contribution in [0.3, 0.4) is 0 Å². The molecule has 1 aliphatic heterocycles. The molecule has 5 nitrogen and oxygen atoms in total. The molecule has 1 aromatic carbocycles. The Kier molecular flexibility index (Phi) is 8.98. The molecule has 2 N–H and O–H groups in total. The van der Waals surface area contributed by atoms with Crippen molar-refractivity contribution in [2.75, 3.05) is 26.7 Å². The normalized spacial score (nSPS) is 16.0. The molecule has 2 heterocycles. The van der Waals surface area contributed by atoms with Crippen LogP contribution in [0.15, 0.2) is 35.3 Å². The number of likely N-dealkylation sites (tertiary alicyclic amines) is 1. The summed E-state index contributed by atoms with van der Waals surface area (Å²) < 4.78 is 0. The van der Waals surface area contributed by atoms with Crippen molar-refractivity contribution in [2.24, 2.45) is 4.99 Å². The maximum Gasteiger partial charge on any atom is 0.191 e. The predicted molar refractivity (Wildman–Crippen MR) is 125 cm³/mol. The molecule has 0 bridgehead atoms. The first-order chi connectivity index (χ1) is 12.7. The number of nitrogens with zero attached hydrogens (tertiary/aromatic N) is 3. The van der Waals surface area contributed by atoms with Gasteiger partial charge in [-0.1, -0.05) is 30.3 Å². The smallest absolute Gasteiger partial charge is 0.191 e. The molecule has 0 radical (unpaired) electrons. The Morgan fingerprint density at radius 3 is 2.48 bits per heavy atom. The summed E-state index contributed by atoms with van der Waals surface area (Å²) in [5, 5.41) is 8.06. The number of aryl methyl sites for hydroxylation is 2. The minimum atomic E-state index is 0. The van der Waals surface area contributed by atoms with Crippen molar-refractivity contribution in [2.45, 2.75) is 39.3 Å². The Labute approximate surface area is 183 Å². The molecule has 27 heavy (non-hydrogen) atoms. The van der Waals surface area contributed by atoms with E-state index in [-0.39, 0.29) is 24.0 Å². The largest absolute Gasteiger partial charge is 0.354 e. The number of nitrogens with one attached hydrogen (secondary N) is 2. The molecule has 1 unspecified atom stereocenters. The zero-order valence-corrected chi connectivity index (χ0v) is 19.5. The topological polar surface area (TPSA) is 52.6 Å². The zero-order valence-electron chi connectivity index (χ0n) is 16.4. The molecule has 2 aromatic rings. The molecule has 0 aliphatic carbocycles. The summed E-state index contributed by atoms with van der Waals surface area (Å²) in [6.07, 6.45) is 2.58. The Morgan fingerprint density at radius 1 is 1.19 bits per heavy atom. The summed E-state index contributed by atoms with van der Waals surface area (Å²) in [4.78, 5) is 12.7. The minimum absolute atomic E-state index is 0. The standard InChI is InChI=1S/C20H29N5S.HI/c1-15-19(26-16(2)24-15)14-23-20(21-3)22-13-18(25-11-7-8-12-25)17-9-5-4-6-10-17;/h4-6,9-10,18H,7-8,11-14H2,1-3H3,(H2,21,22,23);1H. The average Bonchev–Trinajstić information content (AvgIpc) is 3.28. The van der Waals surface area contributed by atoms with Crippen LogP contribution in [0.1, 0.15) is 40.0 Å². The molecule has 1 atom stereocenters. The lowest BCUT2D eigenvalue weighted by Crippen LogP contribution is -2.42. The second-order valence-electron chi connectivity index (χ2n) is 6.72. The molecule has 0 spiro atoms. The van der Waals surface area contributed by atoms with Gasteiger partial charge in [0.15, 0.2) is 5.96 Å². The van der Waals surface area contributed by atoms with Gasteiger partial charge in [0.05, 0.1) is 23.3 Å². The third kappa shape index (κ3) is 6.15. The first-order valence-corrected chi connectivity index (χ1v) is 10.2. The Bertz CT molecular complexity index is 725. The quantitative estimate of drug-likeness (QED) is 0.360. The van der Waals surface area contributed by atoms with Gasteiger partial charge in [0.25, 0.3) is 0 Å². The zero-order chi connectivity index (χ0) is 18.4. The molecule has 1 aromatic heterocycles. The molecule has 0 saturated carbocycles. The van der Waals surface area contributed by atoms with Crippen LogP contribution < -0.4 is 10.6 Å². The Hall–Kier alpha value is -1.19. The Balaban J connectivity index is 0.00000261. The van der Waals surface area contributed by atoms with Crippen molar-refractivity contribution in [1.29, 1.82) is 0 Å². The van der Waals surface area contributed by atoms with E-state index in [1.54, 1.807) is 11.3 Å². The van der Waals surface area contributed by atoms with Crippen LogP contribution in [0.25, 0.3) is 0 Å². The highest BCUT2D eigenvalue weighted by atomic mass is 127. The minimum Gasteiger partial charge on any atom is -0.354 e. The second-order valence-corrected chi connectivity index (χ2v) is 8.01. The van der Waals surface area contributed by atoms with Crippen LogP contribution >= 0.6 is 35.3 Å². The molecule has 0 amide bonds. The van der Waals surface area contributed by atoms with E-state index < -0.39 is 0 Å². The van der Waals surface area contributed by atoms with Gasteiger partial charge in [-0.2, -0.15) is 0 Å². The fourth-order valence-corrected chi connectivity index (χ4v) is 4.38. The number of rotatable bonds is 6. The van der Waals surface area contributed by atoms with Crippen LogP contribution in [-0.4, -0.2) is 42.5 Å². The molecular weight excluding hydrogens is 469 g/mol. The van der Waals surface area contributed by atoms with Gasteiger partial charge >= 0.3 is 0 Å². The van der Waals surface area contributed by atoms with Crippen molar-refractivity contribution in [3.63, 3.8) is 0 Å². The van der Waals surface area contributed by atoms with E-state index >= 15 is 0 Å². The van der Waals surface area contributed by atoms with Crippen LogP contribution in [0.2, 0.25) is 0 Å². The maximum atomic E-state index is 4.49. The van der Waals surface area contributed by atoms with Gasteiger partial charge in [-0.25, -0.2) is 4.98 Å². The first kappa shape index (κ1) is 22.1. The van der Waals surface area contributed by atoms with E-state index in [2.05, 4.69) is 69.7 Å². The average molecular weight is 499 g/mol. The summed E-state index contributed by atoms with van der Waals surface area (Å²) in [6, 6.07) is 11.2. The maximum absolute atomic E-state index is 4.49. The third-order valence-corrected chi connectivity index (χ3v) is 5.94. The van der Waals surface area contributed by atoms with Gasteiger partial charge in [0, 0.05) is 18.5 Å². The molecule has 148 valence electrons. The first-order valence-electron chi connectivity index (χ1n) is 9.34. The van der Waals surface area contributed by atoms with E-state index in [0.717, 1.165) is 29.8 Å². The summed E-state index contributed by atoms with van der Waals surface area (Å²) in [5.74, 6) is 0.843. The van der Waals surface area contributed by atoms with Gasteiger partial charge in [-0.05, 0) is 45.3 Å². The number of aliphatic imine (C=N–C) groups is 1. The monoisotopic (exact) mass is 499 g/mol. The summed E-state index contributed by atoms with van der Waals surface area (Å²) >= 11 is 1.74. The van der Waals surface area contributed by atoms with Crippen molar-refractivity contribution in [1.82, 2.24) is 20.5 Å². The number of halogens is 1. The van der Waals surface area contributed by atoms with Crippen molar-refractivity contribution >= 4 is 41.3 Å². The lowest BCUT2D eigenvalue weighted by Gasteiger charge is -2.29. The van der Waals surface area contributed by atoms with Crippen LogP contribution in [0.5, 0.6) is 0 Å². The number of thiazole rings is 1. The van der Waals surface area contributed by atoms with Crippen molar-refractivity contribution < 1.29 is 0 Å². The molecule has 1 fully saturated rings. The number of hydrogen-bond acceptors (Lipinski definition) is 4. The molecule has 1 aliphatic rings. The van der Waals surface area contributed by atoms with Gasteiger partial charge in [0.2, 0.25) is 0 Å². The van der Waals surface area contributed by atoms with Crippen LogP contribution in [0.4, 0.5) is 0 Å². The fraction of sp³-hybridized carbons (Fsp3) is 0.500. The van der Waals surface area contributed by atoms with Crippen molar-refractivity contribution in [3.8, 4) is 0 Å². The van der Waals surface area contributed by atoms with E-state index in [1.807, 2.05) is 7.05 Å². The fourth-order valence-electron chi connectivity index (χ4n) is 3.50. The predicted octanol–water partition coefficient (Wildman–Crippen LogP) is 3.88. The van der Waals surface area contributed by atoms with E-state index in [0.29, 0.717) is 6.04 Å². The summed E-state index contributed by atoms with van der Waals surface area (Å²) in [6.45, 7) is 8.07. The molecular formula is C20H30IN5S. The molecule has 1 saturated heterocycles. The van der Waals surface area contributed by atoms with Gasteiger partial charge in [0.1, 0.15) is 0 Å². The molecule has 3 rings (SSSR count). The highest BCUT2D eigenvalue weighted by Gasteiger charge is 2.23. The SMILES string of the molecule is CN=C(NCc1sc(C)nc1C)NCC(c1ccccc1)N1CCCC1.I. The lowest BCUT2D eigenvalue weighted by molar-refractivity contribution is 0.245. The van der Waals surface area contributed by atoms with Crippen LogP contribution in [-0.2, 0) is 6.54 Å². The van der Waals surface area contributed by atoms with E-state index in [9.17, 15) is 0 Å². The van der Waals surface area contributed by atoms with Gasteiger partial charge in [-0.15, -0.1) is 35.3 Å². The lowest BCUT2D eigenvalue weighted by atomic mass is 10.1. The van der Waals surface area contributed by atoms with E-state index in [1.165, 1.54) is 36.4 Å². The number of guanidine groups is 1. The van der Waals surface area contributed by atoms with Gasteiger partial charge < -0.3 is 10.6 Å². The highest BCUT2D eigenvalue weighted by molar-refractivity contribution is 14.0. The summed E-state index contributed by atoms with van der Waals surface area (Å²) in [7, 11) is 1.83. The number of hydrogen-bond donors (Lipinski definition) is 2. The van der Waals surface area contributed by atoms with Crippen molar-refractivity contribution in [3.05, 3.63) is 51.5 Å². The number of benzene rings is 1. The van der Waals surface area contributed by atoms with Gasteiger partial charge in [-0.3, -0.25) is 9.89 Å². The van der Waals surface area contributed by atoms with E-state index in [4.69, 9.17) is 0 Å². The second kappa shape index (κ2) is 11.0. The van der Waals surface area contributed by atoms with Crippen LogP contribution in [0, 0.1) is 13.8 Å².